The fourth-order valence-corrected chi connectivity index (χ4v) is 3.77. The Morgan fingerprint density at radius 3 is 2.44 bits per heavy atom. The zero-order chi connectivity index (χ0) is 18.6. The van der Waals surface area contributed by atoms with Crippen molar-refractivity contribution in [2.75, 3.05) is 30.1 Å². The van der Waals surface area contributed by atoms with Gasteiger partial charge in [-0.2, -0.15) is 0 Å². The quantitative estimate of drug-likeness (QED) is 0.768. The predicted molar refractivity (Wildman–Crippen MR) is 96.0 cm³/mol. The Hall–Kier alpha value is -2.35. The molecule has 0 radical (unpaired) electrons. The van der Waals surface area contributed by atoms with Crippen molar-refractivity contribution in [2.45, 2.75) is 19.4 Å². The highest BCUT2D eigenvalue weighted by molar-refractivity contribution is 7.94. The minimum Gasteiger partial charge on any atom is -0.453 e. The molecule has 0 spiro atoms. The molecule has 1 aliphatic heterocycles. The summed E-state index contributed by atoms with van der Waals surface area (Å²) in [5.74, 6) is -1.54. The van der Waals surface area contributed by atoms with Crippen molar-refractivity contribution in [1.82, 2.24) is 0 Å². The Morgan fingerprint density at radius 1 is 1.28 bits per heavy atom. The zero-order valence-corrected chi connectivity index (χ0v) is 15.2. The SMILES string of the molecule is C[C@H](OC(=O)C[C@@H]1C=CS(=O)(=O)C1)C(=O)Nc1ccc(N(C)C)cc1. The van der Waals surface area contributed by atoms with Crippen LogP contribution in [0.2, 0.25) is 0 Å². The molecule has 0 saturated heterocycles. The molecule has 1 heterocycles. The number of anilines is 2. The van der Waals surface area contributed by atoms with E-state index in [1.807, 2.05) is 31.1 Å². The van der Waals surface area contributed by atoms with Gasteiger partial charge in [0.25, 0.3) is 5.91 Å². The molecular formula is C17H22N2O5S. The first-order valence-electron chi connectivity index (χ1n) is 7.85. The molecule has 0 aliphatic carbocycles. The first-order chi connectivity index (χ1) is 11.7. The molecule has 1 aromatic carbocycles. The van der Waals surface area contributed by atoms with Gasteiger partial charge in [-0.05, 0) is 31.2 Å². The topological polar surface area (TPSA) is 92.8 Å². The highest BCUT2D eigenvalue weighted by Crippen LogP contribution is 2.19. The van der Waals surface area contributed by atoms with E-state index in [-0.39, 0.29) is 12.2 Å². The van der Waals surface area contributed by atoms with Crippen LogP contribution in [0, 0.1) is 5.92 Å². The number of allylic oxidation sites excluding steroid dienone is 1. The highest BCUT2D eigenvalue weighted by atomic mass is 32.2. The minimum absolute atomic E-state index is 0.0646. The largest absolute Gasteiger partial charge is 0.453 e. The summed E-state index contributed by atoms with van der Waals surface area (Å²) in [5.41, 5.74) is 1.60. The van der Waals surface area contributed by atoms with E-state index in [1.165, 1.54) is 13.0 Å². The van der Waals surface area contributed by atoms with Crippen LogP contribution in [-0.2, 0) is 24.2 Å². The van der Waals surface area contributed by atoms with Crippen molar-refractivity contribution in [3.05, 3.63) is 35.7 Å². The first kappa shape index (κ1) is 19.0. The molecular weight excluding hydrogens is 344 g/mol. The van der Waals surface area contributed by atoms with Gasteiger partial charge in [0.05, 0.1) is 12.2 Å². The number of carbonyl (C=O) groups is 2. The Bertz CT molecular complexity index is 769. The van der Waals surface area contributed by atoms with Crippen molar-refractivity contribution in [3.63, 3.8) is 0 Å². The molecule has 8 heteroatoms. The second kappa shape index (κ2) is 7.69. The van der Waals surface area contributed by atoms with Crippen molar-refractivity contribution < 1.29 is 22.7 Å². The van der Waals surface area contributed by atoms with Gasteiger partial charge in [-0.1, -0.05) is 6.08 Å². The zero-order valence-electron chi connectivity index (χ0n) is 14.4. The molecule has 0 saturated carbocycles. The Labute approximate surface area is 147 Å². The lowest BCUT2D eigenvalue weighted by molar-refractivity contribution is -0.153. The lowest BCUT2D eigenvalue weighted by Gasteiger charge is -2.16. The summed E-state index contributed by atoms with van der Waals surface area (Å²) < 4.78 is 27.7. The molecule has 2 rings (SSSR count). The lowest BCUT2D eigenvalue weighted by Crippen LogP contribution is -2.30. The van der Waals surface area contributed by atoms with Crippen LogP contribution in [-0.4, -0.2) is 46.2 Å². The number of hydrogen-bond donors (Lipinski definition) is 1. The van der Waals surface area contributed by atoms with Crippen LogP contribution < -0.4 is 10.2 Å². The number of amides is 1. The molecule has 0 unspecified atom stereocenters. The fraction of sp³-hybridized carbons (Fsp3) is 0.412. The van der Waals surface area contributed by atoms with Crippen LogP contribution in [0.1, 0.15) is 13.3 Å². The van der Waals surface area contributed by atoms with Crippen LogP contribution in [0.3, 0.4) is 0 Å². The molecule has 25 heavy (non-hydrogen) atoms. The van der Waals surface area contributed by atoms with Gasteiger partial charge in [0.15, 0.2) is 15.9 Å². The van der Waals surface area contributed by atoms with Crippen molar-refractivity contribution in [1.29, 1.82) is 0 Å². The molecule has 0 bridgehead atoms. The first-order valence-corrected chi connectivity index (χ1v) is 9.56. The standard InChI is InChI=1S/C17H22N2O5S/c1-12(24-16(20)10-13-8-9-25(22,23)11-13)17(21)18-14-4-6-15(7-5-14)19(2)3/h4-9,12-13H,10-11H2,1-3H3,(H,18,21)/t12-,13-/m0/s1. The second-order valence-electron chi connectivity index (χ2n) is 6.18. The number of rotatable bonds is 6. The summed E-state index contributed by atoms with van der Waals surface area (Å²) in [6.07, 6.45) is 0.446. The van der Waals surface area contributed by atoms with E-state index in [0.29, 0.717) is 5.69 Å². The summed E-state index contributed by atoms with van der Waals surface area (Å²) in [5, 5.41) is 3.78. The molecule has 2 atom stereocenters. The maximum absolute atomic E-state index is 12.1. The van der Waals surface area contributed by atoms with Gasteiger partial charge in [0.1, 0.15) is 0 Å². The number of sulfone groups is 1. The van der Waals surface area contributed by atoms with Gasteiger partial charge in [-0.25, -0.2) is 8.42 Å². The van der Waals surface area contributed by atoms with Crippen LogP contribution in [0.4, 0.5) is 11.4 Å². The van der Waals surface area contributed by atoms with E-state index in [1.54, 1.807) is 12.1 Å². The average molecular weight is 366 g/mol. The van der Waals surface area contributed by atoms with Gasteiger partial charge >= 0.3 is 5.97 Å². The summed E-state index contributed by atoms with van der Waals surface area (Å²) >= 11 is 0. The van der Waals surface area contributed by atoms with Gasteiger partial charge in [0, 0.05) is 36.8 Å². The van der Waals surface area contributed by atoms with Gasteiger partial charge in [-0.3, -0.25) is 9.59 Å². The smallest absolute Gasteiger partial charge is 0.307 e. The molecule has 0 aromatic heterocycles. The number of nitrogens with one attached hydrogen (secondary N) is 1. The molecule has 0 fully saturated rings. The van der Waals surface area contributed by atoms with E-state index < -0.39 is 33.7 Å². The monoisotopic (exact) mass is 366 g/mol. The second-order valence-corrected chi connectivity index (χ2v) is 8.12. The van der Waals surface area contributed by atoms with Crippen LogP contribution in [0.25, 0.3) is 0 Å². The van der Waals surface area contributed by atoms with E-state index >= 15 is 0 Å². The van der Waals surface area contributed by atoms with Gasteiger partial charge in [0.2, 0.25) is 0 Å². The van der Waals surface area contributed by atoms with Crippen LogP contribution >= 0.6 is 0 Å². The molecule has 1 aromatic rings. The number of esters is 1. The van der Waals surface area contributed by atoms with E-state index in [2.05, 4.69) is 5.32 Å². The number of benzene rings is 1. The van der Waals surface area contributed by atoms with Gasteiger partial charge < -0.3 is 15.0 Å². The van der Waals surface area contributed by atoms with Gasteiger partial charge in [-0.15, -0.1) is 0 Å². The molecule has 7 nitrogen and oxygen atoms in total. The molecule has 1 N–H and O–H groups in total. The number of ether oxygens (including phenoxy) is 1. The van der Waals surface area contributed by atoms with Crippen molar-refractivity contribution in [2.24, 2.45) is 5.92 Å². The van der Waals surface area contributed by atoms with Crippen LogP contribution in [0.5, 0.6) is 0 Å². The third kappa shape index (κ3) is 5.60. The van der Waals surface area contributed by atoms with Crippen LogP contribution in [0.15, 0.2) is 35.7 Å². The Kier molecular flexibility index (Phi) is 5.84. The predicted octanol–water partition coefficient (Wildman–Crippen LogP) is 1.57. The van der Waals surface area contributed by atoms with E-state index in [0.717, 1.165) is 11.1 Å². The van der Waals surface area contributed by atoms with Crippen molar-refractivity contribution >= 4 is 33.1 Å². The third-order valence-electron chi connectivity index (χ3n) is 3.76. The van der Waals surface area contributed by atoms with E-state index in [9.17, 15) is 18.0 Å². The molecule has 1 amide bonds. The third-order valence-corrected chi connectivity index (χ3v) is 5.23. The van der Waals surface area contributed by atoms with Crippen molar-refractivity contribution in [3.8, 4) is 0 Å². The van der Waals surface area contributed by atoms with E-state index in [4.69, 9.17) is 4.74 Å². The highest BCUT2D eigenvalue weighted by Gasteiger charge is 2.26. The maximum atomic E-state index is 12.1. The summed E-state index contributed by atoms with van der Waals surface area (Å²) in [7, 11) is 0.626. The molecule has 136 valence electrons. The Balaban J connectivity index is 1.83. The maximum Gasteiger partial charge on any atom is 0.307 e. The normalized spacial score (nSPS) is 19.2. The summed E-state index contributed by atoms with van der Waals surface area (Å²) in [6.45, 7) is 1.47. The summed E-state index contributed by atoms with van der Waals surface area (Å²) in [4.78, 5) is 25.9. The number of hydrogen-bond acceptors (Lipinski definition) is 6. The minimum atomic E-state index is -3.21. The lowest BCUT2D eigenvalue weighted by atomic mass is 10.1. The Morgan fingerprint density at radius 2 is 1.92 bits per heavy atom. The fourth-order valence-electron chi connectivity index (χ4n) is 2.37. The number of nitrogens with zero attached hydrogens (tertiary/aromatic N) is 1. The molecule has 1 aliphatic rings. The number of carbonyl (C=O) groups excluding carboxylic acids is 2. The summed E-state index contributed by atoms with van der Waals surface area (Å²) in [6, 6.07) is 7.24. The average Bonchev–Trinajstić information content (AvgIpc) is 2.86.